The molecule has 0 heterocycles. The fourth-order valence-corrected chi connectivity index (χ4v) is 3.98. The van der Waals surface area contributed by atoms with Crippen LogP contribution >= 0.6 is 0 Å². The van der Waals surface area contributed by atoms with Gasteiger partial charge in [-0.25, -0.2) is 9.59 Å². The number of unbranched alkanes of at least 4 members (excludes halogenated alkanes) is 2. The lowest BCUT2D eigenvalue weighted by Crippen LogP contribution is -2.70. The molecule has 0 saturated carbocycles. The summed E-state index contributed by atoms with van der Waals surface area (Å²) in [5.41, 5.74) is -0.496. The summed E-state index contributed by atoms with van der Waals surface area (Å²) in [5, 5.41) is 0. The van der Waals surface area contributed by atoms with Gasteiger partial charge in [0, 0.05) is 6.42 Å². The Hall–Kier alpha value is -4.02. The SMILES string of the molecule is O=C(OCC(F)(F)C(F)(F)C(F)(F)F)c1ccc(OC(=O)c2ccc(CCCCCC(F)(F)C(F)(F)C(F)(F)C(F)(F)C(F)(F)C(F)(F)F)cc2)cc1. The zero-order valence-corrected chi connectivity index (χ0v) is 25.6. The molecule has 0 spiro atoms. The summed E-state index contributed by atoms with van der Waals surface area (Å²) >= 11 is 0. The van der Waals surface area contributed by atoms with Crippen LogP contribution in [0.5, 0.6) is 5.75 Å². The van der Waals surface area contributed by atoms with Gasteiger partial charge in [-0.2, -0.15) is 87.8 Å². The normalized spacial score (nSPS) is 14.3. The van der Waals surface area contributed by atoms with Crippen LogP contribution in [0.25, 0.3) is 0 Å². The Bertz CT molecular complexity index is 1560. The molecule has 0 amide bonds. The lowest BCUT2D eigenvalue weighted by molar-refractivity contribution is -0.440. The minimum Gasteiger partial charge on any atom is -0.455 e. The Morgan fingerprint density at radius 3 is 1.36 bits per heavy atom. The van der Waals surface area contributed by atoms with E-state index in [-0.39, 0.29) is 24.2 Å². The van der Waals surface area contributed by atoms with E-state index in [9.17, 15) is 97.4 Å². The second kappa shape index (κ2) is 15.0. The van der Waals surface area contributed by atoms with Crippen molar-refractivity contribution in [3.05, 3.63) is 65.2 Å². The van der Waals surface area contributed by atoms with E-state index in [2.05, 4.69) is 4.74 Å². The summed E-state index contributed by atoms with van der Waals surface area (Å²) in [6.07, 6.45) is -18.4. The first-order chi connectivity index (χ1) is 23.7. The highest BCUT2D eigenvalue weighted by atomic mass is 19.4. The number of rotatable bonds is 16. The molecular formula is C29H20F20O4. The molecule has 0 unspecified atom stereocenters. The largest absolute Gasteiger partial charge is 0.460 e. The molecule has 2 aromatic rings. The summed E-state index contributed by atoms with van der Waals surface area (Å²) in [6, 6.07) is 7.98. The highest BCUT2D eigenvalue weighted by Crippen LogP contribution is 2.61. The molecule has 0 aliphatic heterocycles. The first kappa shape index (κ1) is 45.1. The molecule has 0 saturated heterocycles. The lowest BCUT2D eigenvalue weighted by atomic mass is 9.91. The van der Waals surface area contributed by atoms with Gasteiger partial charge in [0.15, 0.2) is 6.61 Å². The van der Waals surface area contributed by atoms with Gasteiger partial charge in [0.1, 0.15) is 5.75 Å². The lowest BCUT2D eigenvalue weighted by Gasteiger charge is -2.39. The van der Waals surface area contributed by atoms with Gasteiger partial charge in [-0.15, -0.1) is 0 Å². The summed E-state index contributed by atoms with van der Waals surface area (Å²) < 4.78 is 269. The molecule has 0 aromatic heterocycles. The van der Waals surface area contributed by atoms with Crippen molar-refractivity contribution in [1.29, 1.82) is 0 Å². The van der Waals surface area contributed by atoms with E-state index in [4.69, 9.17) is 4.74 Å². The van der Waals surface area contributed by atoms with Crippen molar-refractivity contribution in [2.75, 3.05) is 6.61 Å². The Morgan fingerprint density at radius 2 is 0.887 bits per heavy atom. The number of halogens is 20. The quantitative estimate of drug-likeness (QED) is 0.0733. The highest BCUT2D eigenvalue weighted by Gasteiger charge is 2.90. The van der Waals surface area contributed by atoms with Crippen LogP contribution in [-0.2, 0) is 11.2 Å². The molecule has 0 bridgehead atoms. The number of carbonyl (C=O) groups excluding carboxylic acids is 2. The van der Waals surface area contributed by atoms with Gasteiger partial charge < -0.3 is 9.47 Å². The molecule has 300 valence electrons. The summed E-state index contributed by atoms with van der Waals surface area (Å²) in [6.45, 7) is -2.64. The first-order valence-electron chi connectivity index (χ1n) is 14.0. The maximum absolute atomic E-state index is 13.9. The average Bonchev–Trinajstić information content (AvgIpc) is 3.02. The van der Waals surface area contributed by atoms with Crippen LogP contribution in [0.1, 0.15) is 52.0 Å². The van der Waals surface area contributed by atoms with Crippen molar-refractivity contribution in [3.63, 3.8) is 0 Å². The number of ether oxygens (including phenoxy) is 2. The number of esters is 2. The molecule has 0 aliphatic rings. The molecule has 53 heavy (non-hydrogen) atoms. The third kappa shape index (κ3) is 9.03. The predicted octanol–water partition coefficient (Wildman–Crippen LogP) is 10.7. The van der Waals surface area contributed by atoms with Crippen molar-refractivity contribution in [3.8, 4) is 5.75 Å². The van der Waals surface area contributed by atoms with Crippen molar-refractivity contribution >= 4 is 11.9 Å². The number of hydrogen-bond acceptors (Lipinski definition) is 4. The first-order valence-corrected chi connectivity index (χ1v) is 14.0. The predicted molar refractivity (Wildman–Crippen MR) is 137 cm³/mol. The van der Waals surface area contributed by atoms with Crippen LogP contribution in [0.2, 0.25) is 0 Å². The van der Waals surface area contributed by atoms with E-state index in [1.807, 2.05) is 0 Å². The minimum absolute atomic E-state index is 0.0827. The number of hydrogen-bond donors (Lipinski definition) is 0. The third-order valence-corrected chi connectivity index (χ3v) is 7.14. The molecule has 4 nitrogen and oxygen atoms in total. The van der Waals surface area contributed by atoms with Gasteiger partial charge >= 0.3 is 65.7 Å². The minimum atomic E-state index is -7.98. The zero-order valence-electron chi connectivity index (χ0n) is 25.6. The second-order valence-electron chi connectivity index (χ2n) is 11.0. The molecule has 2 rings (SSSR count). The second-order valence-corrected chi connectivity index (χ2v) is 11.0. The van der Waals surface area contributed by atoms with Gasteiger partial charge in [0.25, 0.3) is 0 Å². The van der Waals surface area contributed by atoms with E-state index in [0.717, 1.165) is 36.4 Å². The molecule has 0 N–H and O–H groups in total. The fraction of sp³-hybridized carbons (Fsp3) is 0.517. The van der Waals surface area contributed by atoms with E-state index in [1.165, 1.54) is 12.1 Å². The monoisotopic (exact) mass is 812 g/mol. The molecule has 2 aromatic carbocycles. The van der Waals surface area contributed by atoms with Crippen LogP contribution in [0.4, 0.5) is 87.8 Å². The standard InChI is InChI=1S/C29H20F20O4/c30-21(31,23(34,35)25(38,39)26(40,41)27(42,43)29(47,48)49)13-3-1-2-4-15-5-7-17(8-6-15)20(51)53-18-11-9-16(10-12-18)19(50)52-14-22(32,33)24(36,37)28(44,45)46/h5-12H,1-4,13-14H2. The Labute approximate surface area is 283 Å². The topological polar surface area (TPSA) is 52.6 Å². The fourth-order valence-electron chi connectivity index (χ4n) is 3.98. The van der Waals surface area contributed by atoms with Crippen LogP contribution in [0.3, 0.4) is 0 Å². The number of alkyl halides is 20. The average molecular weight is 812 g/mol. The van der Waals surface area contributed by atoms with Gasteiger partial charge in [-0.3, -0.25) is 0 Å². The Kier molecular flexibility index (Phi) is 12.8. The maximum Gasteiger partial charge on any atom is 0.460 e. The van der Waals surface area contributed by atoms with Crippen molar-refractivity contribution in [1.82, 2.24) is 0 Å². The Morgan fingerprint density at radius 1 is 0.453 bits per heavy atom. The van der Waals surface area contributed by atoms with E-state index in [0.29, 0.717) is 5.56 Å². The molecule has 0 fully saturated rings. The van der Waals surface area contributed by atoms with Gasteiger partial charge in [0.2, 0.25) is 0 Å². The smallest absolute Gasteiger partial charge is 0.455 e. The van der Waals surface area contributed by atoms with Crippen molar-refractivity contribution < 1.29 is 107 Å². The van der Waals surface area contributed by atoms with E-state index < -0.39 is 97.2 Å². The van der Waals surface area contributed by atoms with Gasteiger partial charge in [-0.1, -0.05) is 18.6 Å². The third-order valence-electron chi connectivity index (χ3n) is 7.14. The molecule has 0 radical (unpaired) electrons. The molecule has 0 aliphatic carbocycles. The summed E-state index contributed by atoms with van der Waals surface area (Å²) in [4.78, 5) is 24.2. The van der Waals surface area contributed by atoms with Crippen LogP contribution in [0, 0.1) is 0 Å². The van der Waals surface area contributed by atoms with Gasteiger partial charge in [-0.05, 0) is 61.2 Å². The number of benzene rings is 2. The van der Waals surface area contributed by atoms with Crippen molar-refractivity contribution in [2.45, 2.75) is 85.9 Å². The van der Waals surface area contributed by atoms with Crippen LogP contribution in [-0.4, -0.2) is 72.4 Å². The van der Waals surface area contributed by atoms with Crippen molar-refractivity contribution in [2.24, 2.45) is 0 Å². The maximum atomic E-state index is 13.9. The number of aryl methyl sites for hydroxylation is 1. The van der Waals surface area contributed by atoms with Gasteiger partial charge in [0.05, 0.1) is 11.1 Å². The molecular weight excluding hydrogens is 792 g/mol. The van der Waals surface area contributed by atoms with Crippen LogP contribution in [0.15, 0.2) is 48.5 Å². The van der Waals surface area contributed by atoms with Crippen LogP contribution < -0.4 is 4.74 Å². The van der Waals surface area contributed by atoms with E-state index in [1.54, 1.807) is 0 Å². The molecule has 0 atom stereocenters. The zero-order chi connectivity index (χ0) is 41.3. The Balaban J connectivity index is 1.92. The summed E-state index contributed by atoms with van der Waals surface area (Å²) in [5.74, 6) is -52.7. The highest BCUT2D eigenvalue weighted by molar-refractivity contribution is 5.92. The summed E-state index contributed by atoms with van der Waals surface area (Å²) in [7, 11) is 0. The van der Waals surface area contributed by atoms with E-state index >= 15 is 0 Å². The molecule has 24 heteroatoms. The number of carbonyl (C=O) groups is 2.